The van der Waals surface area contributed by atoms with Gasteiger partial charge >= 0.3 is 0 Å². The Hall–Kier alpha value is -2.34. The predicted octanol–water partition coefficient (Wildman–Crippen LogP) is 2.02. The first-order valence-corrected chi connectivity index (χ1v) is 5.30. The maximum atomic E-state index is 8.54. The molecule has 2 aromatic rings. The summed E-state index contributed by atoms with van der Waals surface area (Å²) in [7, 11) is 0. The van der Waals surface area contributed by atoms with Crippen molar-refractivity contribution >= 4 is 17.4 Å². The molecule has 0 radical (unpaired) electrons. The Balaban J connectivity index is 2.24. The molecule has 1 heterocycles. The quantitative estimate of drug-likeness (QED) is 0.383. The summed E-state index contributed by atoms with van der Waals surface area (Å²) in [6.45, 7) is 0. The Morgan fingerprint density at radius 3 is 2.94 bits per heavy atom. The van der Waals surface area contributed by atoms with E-state index >= 15 is 0 Å². The molecule has 7 heteroatoms. The minimum absolute atomic E-state index is 0.140. The number of nitrogens with two attached hydrogens (primary N) is 1. The highest BCUT2D eigenvalue weighted by Crippen LogP contribution is 2.22. The van der Waals surface area contributed by atoms with E-state index in [1.54, 1.807) is 24.3 Å². The van der Waals surface area contributed by atoms with E-state index < -0.39 is 0 Å². The molecule has 0 spiro atoms. The van der Waals surface area contributed by atoms with Crippen LogP contribution in [0, 0.1) is 0 Å². The second-order valence-electron chi connectivity index (χ2n) is 3.29. The van der Waals surface area contributed by atoms with Crippen molar-refractivity contribution in [3.8, 4) is 11.6 Å². The summed E-state index contributed by atoms with van der Waals surface area (Å²) in [6, 6.07) is 6.84. The van der Waals surface area contributed by atoms with Crippen molar-refractivity contribution in [3.63, 3.8) is 0 Å². The number of oxime groups is 1. The normalized spacial score (nSPS) is 11.3. The first-order valence-electron chi connectivity index (χ1n) is 4.92. The van der Waals surface area contributed by atoms with Crippen molar-refractivity contribution in [2.24, 2.45) is 10.9 Å². The van der Waals surface area contributed by atoms with Gasteiger partial charge in [-0.25, -0.2) is 4.98 Å². The van der Waals surface area contributed by atoms with Gasteiger partial charge in [-0.05, 0) is 18.2 Å². The van der Waals surface area contributed by atoms with Crippen LogP contribution >= 0.6 is 11.6 Å². The standard InChI is InChI=1S/C11H9ClN4O2/c12-7-2-1-3-8(4-7)18-10-6-14-5-9(15-10)11(13)16-17/h1-6,17H,(H2,13,16). The maximum Gasteiger partial charge on any atom is 0.238 e. The van der Waals surface area contributed by atoms with Crippen molar-refractivity contribution in [2.75, 3.05) is 0 Å². The van der Waals surface area contributed by atoms with Gasteiger partial charge < -0.3 is 15.7 Å². The summed E-state index contributed by atoms with van der Waals surface area (Å²) >= 11 is 5.83. The smallest absolute Gasteiger partial charge is 0.238 e. The molecule has 0 amide bonds. The van der Waals surface area contributed by atoms with Gasteiger partial charge in [0.25, 0.3) is 0 Å². The van der Waals surface area contributed by atoms with E-state index in [0.717, 1.165) is 0 Å². The molecule has 18 heavy (non-hydrogen) atoms. The summed E-state index contributed by atoms with van der Waals surface area (Å²) in [5.74, 6) is 0.605. The lowest BCUT2D eigenvalue weighted by atomic mass is 10.3. The Morgan fingerprint density at radius 1 is 1.39 bits per heavy atom. The van der Waals surface area contributed by atoms with E-state index in [0.29, 0.717) is 10.8 Å². The maximum absolute atomic E-state index is 8.54. The molecule has 0 aliphatic rings. The highest BCUT2D eigenvalue weighted by atomic mass is 35.5. The van der Waals surface area contributed by atoms with Gasteiger partial charge in [0.1, 0.15) is 11.4 Å². The number of benzene rings is 1. The zero-order valence-corrected chi connectivity index (χ0v) is 9.87. The number of hydrogen-bond donors (Lipinski definition) is 2. The van der Waals surface area contributed by atoms with Crippen molar-refractivity contribution in [3.05, 3.63) is 47.4 Å². The van der Waals surface area contributed by atoms with Gasteiger partial charge in [0.15, 0.2) is 5.84 Å². The third kappa shape index (κ3) is 2.86. The third-order valence-corrected chi connectivity index (χ3v) is 2.24. The summed E-state index contributed by atoms with van der Waals surface area (Å²) in [5.41, 5.74) is 5.62. The fourth-order valence-corrected chi connectivity index (χ4v) is 1.40. The second kappa shape index (κ2) is 5.33. The first-order chi connectivity index (χ1) is 8.69. The van der Waals surface area contributed by atoms with Crippen LogP contribution in [0.25, 0.3) is 0 Å². The zero-order valence-electron chi connectivity index (χ0n) is 9.12. The molecule has 1 aromatic carbocycles. The van der Waals surface area contributed by atoms with Crippen LogP contribution in [0.15, 0.2) is 41.8 Å². The third-order valence-electron chi connectivity index (χ3n) is 2.00. The number of halogens is 1. The Kier molecular flexibility index (Phi) is 3.59. The zero-order chi connectivity index (χ0) is 13.0. The van der Waals surface area contributed by atoms with Crippen LogP contribution in [0.5, 0.6) is 11.6 Å². The van der Waals surface area contributed by atoms with Gasteiger partial charge in [0.2, 0.25) is 5.88 Å². The molecule has 0 aliphatic carbocycles. The molecule has 92 valence electrons. The fourth-order valence-electron chi connectivity index (χ4n) is 1.22. The van der Waals surface area contributed by atoms with Gasteiger partial charge in [-0.3, -0.25) is 4.98 Å². The van der Waals surface area contributed by atoms with Gasteiger partial charge in [0.05, 0.1) is 12.4 Å². The molecule has 0 aliphatic heterocycles. The van der Waals surface area contributed by atoms with Crippen LogP contribution in [0.3, 0.4) is 0 Å². The summed E-state index contributed by atoms with van der Waals surface area (Å²) in [5, 5.41) is 11.9. The van der Waals surface area contributed by atoms with Crippen LogP contribution in [0.4, 0.5) is 0 Å². The van der Waals surface area contributed by atoms with E-state index in [-0.39, 0.29) is 17.4 Å². The van der Waals surface area contributed by atoms with Gasteiger partial charge in [0, 0.05) is 5.02 Å². The van der Waals surface area contributed by atoms with Crippen LogP contribution in [0.1, 0.15) is 5.69 Å². The summed E-state index contributed by atoms with van der Waals surface area (Å²) in [4.78, 5) is 7.90. The largest absolute Gasteiger partial charge is 0.437 e. The fraction of sp³-hybridized carbons (Fsp3) is 0. The Bertz CT molecular complexity index is 589. The number of rotatable bonds is 3. The van der Waals surface area contributed by atoms with Gasteiger partial charge in [-0.1, -0.05) is 22.8 Å². The highest BCUT2D eigenvalue weighted by Gasteiger charge is 2.05. The van der Waals surface area contributed by atoms with Crippen LogP contribution in [0.2, 0.25) is 5.02 Å². The molecule has 0 fully saturated rings. The van der Waals surface area contributed by atoms with Crippen molar-refractivity contribution in [2.45, 2.75) is 0 Å². The number of hydrogen-bond acceptors (Lipinski definition) is 5. The summed E-state index contributed by atoms with van der Waals surface area (Å²) in [6.07, 6.45) is 2.77. The number of amidine groups is 1. The van der Waals surface area contributed by atoms with Crippen molar-refractivity contribution < 1.29 is 9.94 Å². The molecule has 3 N–H and O–H groups in total. The van der Waals surface area contributed by atoms with E-state index in [4.69, 9.17) is 27.3 Å². The molecular formula is C11H9ClN4O2. The average molecular weight is 265 g/mol. The predicted molar refractivity (Wildman–Crippen MR) is 66.1 cm³/mol. The molecule has 0 atom stereocenters. The molecule has 6 nitrogen and oxygen atoms in total. The van der Waals surface area contributed by atoms with E-state index in [1.165, 1.54) is 12.4 Å². The van der Waals surface area contributed by atoms with E-state index in [1.807, 2.05) is 0 Å². The summed E-state index contributed by atoms with van der Waals surface area (Å²) < 4.78 is 5.44. The number of aromatic nitrogens is 2. The Morgan fingerprint density at radius 2 is 2.22 bits per heavy atom. The molecule has 1 aromatic heterocycles. The topological polar surface area (TPSA) is 93.6 Å². The molecule has 0 saturated carbocycles. The van der Waals surface area contributed by atoms with Crippen LogP contribution in [-0.4, -0.2) is 21.0 Å². The van der Waals surface area contributed by atoms with Crippen molar-refractivity contribution in [1.29, 1.82) is 0 Å². The average Bonchev–Trinajstić information content (AvgIpc) is 2.38. The van der Waals surface area contributed by atoms with Gasteiger partial charge in [-0.15, -0.1) is 0 Å². The molecule has 0 saturated heterocycles. The monoisotopic (exact) mass is 264 g/mol. The molecule has 0 bridgehead atoms. The molecule has 2 rings (SSSR count). The van der Waals surface area contributed by atoms with Gasteiger partial charge in [-0.2, -0.15) is 0 Å². The SMILES string of the molecule is N/C(=N\O)c1cncc(Oc2cccc(Cl)c2)n1. The lowest BCUT2D eigenvalue weighted by Crippen LogP contribution is -2.15. The van der Waals surface area contributed by atoms with Crippen molar-refractivity contribution in [1.82, 2.24) is 9.97 Å². The number of nitrogens with zero attached hydrogens (tertiary/aromatic N) is 3. The lowest BCUT2D eigenvalue weighted by Gasteiger charge is -2.05. The second-order valence-corrected chi connectivity index (χ2v) is 3.72. The minimum Gasteiger partial charge on any atom is -0.437 e. The number of ether oxygens (including phenoxy) is 1. The van der Waals surface area contributed by atoms with Crippen LogP contribution < -0.4 is 10.5 Å². The molecular weight excluding hydrogens is 256 g/mol. The van der Waals surface area contributed by atoms with E-state index in [9.17, 15) is 0 Å². The first kappa shape index (κ1) is 12.1. The molecule has 0 unspecified atom stereocenters. The Labute approximate surface area is 108 Å². The highest BCUT2D eigenvalue weighted by molar-refractivity contribution is 6.30. The lowest BCUT2D eigenvalue weighted by molar-refractivity contribution is 0.318. The van der Waals surface area contributed by atoms with E-state index in [2.05, 4.69) is 15.1 Å². The van der Waals surface area contributed by atoms with Crippen LogP contribution in [-0.2, 0) is 0 Å². The minimum atomic E-state index is -0.140.